The van der Waals surface area contributed by atoms with Crippen molar-refractivity contribution in [1.82, 2.24) is 9.88 Å². The summed E-state index contributed by atoms with van der Waals surface area (Å²) < 4.78 is 11.7. The fourth-order valence-electron chi connectivity index (χ4n) is 3.08. The predicted molar refractivity (Wildman–Crippen MR) is 122 cm³/mol. The molecule has 1 amide bonds. The molecule has 0 N–H and O–H groups in total. The van der Waals surface area contributed by atoms with Crippen molar-refractivity contribution >= 4 is 50.3 Å². The largest absolute Gasteiger partial charge is 0.454 e. The lowest BCUT2D eigenvalue weighted by Gasteiger charge is -2.20. The Morgan fingerprint density at radius 1 is 1.20 bits per heavy atom. The maximum absolute atomic E-state index is 13.1. The molecular formula is C22H22ClN3O3S. The average molecular weight is 444 g/mol. The van der Waals surface area contributed by atoms with Crippen molar-refractivity contribution in [2.75, 3.05) is 38.9 Å². The van der Waals surface area contributed by atoms with E-state index in [4.69, 9.17) is 26.1 Å². The van der Waals surface area contributed by atoms with Crippen molar-refractivity contribution in [3.05, 3.63) is 52.6 Å². The van der Waals surface area contributed by atoms with Crippen LogP contribution in [0.2, 0.25) is 5.02 Å². The van der Waals surface area contributed by atoms with Gasteiger partial charge in [0.25, 0.3) is 5.91 Å². The number of aromatic nitrogens is 1. The van der Waals surface area contributed by atoms with Crippen LogP contribution in [0.4, 0.5) is 5.13 Å². The topological polar surface area (TPSA) is 54.9 Å². The van der Waals surface area contributed by atoms with Crippen molar-refractivity contribution in [3.8, 4) is 11.5 Å². The second-order valence-electron chi connectivity index (χ2n) is 7.25. The Kier molecular flexibility index (Phi) is 5.94. The fraction of sp³-hybridized carbons (Fsp3) is 0.273. The van der Waals surface area contributed by atoms with Gasteiger partial charge in [-0.3, -0.25) is 9.69 Å². The third-order valence-corrected chi connectivity index (χ3v) is 6.27. The molecule has 1 aliphatic rings. The number of thiazole rings is 1. The number of benzene rings is 2. The maximum atomic E-state index is 13.1. The molecule has 1 aliphatic heterocycles. The minimum Gasteiger partial charge on any atom is -0.454 e. The molecule has 8 heteroatoms. The Hall–Kier alpha value is -2.61. The minimum atomic E-state index is -0.127. The van der Waals surface area contributed by atoms with Crippen molar-refractivity contribution in [2.45, 2.75) is 6.92 Å². The summed E-state index contributed by atoms with van der Waals surface area (Å²) in [4.78, 5) is 21.6. The van der Waals surface area contributed by atoms with Gasteiger partial charge in [0.15, 0.2) is 16.6 Å². The van der Waals surface area contributed by atoms with Crippen molar-refractivity contribution in [3.63, 3.8) is 0 Å². The summed E-state index contributed by atoms with van der Waals surface area (Å²) >= 11 is 7.74. The van der Waals surface area contributed by atoms with Crippen LogP contribution in [0, 0.1) is 6.92 Å². The molecule has 30 heavy (non-hydrogen) atoms. The number of amides is 1. The normalized spacial score (nSPS) is 13.0. The summed E-state index contributed by atoms with van der Waals surface area (Å²) in [6.07, 6.45) is 3.35. The molecule has 0 unspecified atom stereocenters. The number of halogens is 1. The molecule has 156 valence electrons. The Morgan fingerprint density at radius 3 is 2.80 bits per heavy atom. The standard InChI is InChI=1S/C22H22ClN3O3S/c1-14-16(23)6-8-19-21(14)24-22(30-19)26(11-10-25(2)3)20(27)9-5-15-4-7-17-18(12-15)29-13-28-17/h4-9,12H,10-11,13H2,1-3H3. The first-order valence-electron chi connectivity index (χ1n) is 9.52. The van der Waals surface area contributed by atoms with E-state index in [-0.39, 0.29) is 12.7 Å². The van der Waals surface area contributed by atoms with E-state index in [2.05, 4.69) is 0 Å². The highest BCUT2D eigenvalue weighted by atomic mass is 35.5. The predicted octanol–water partition coefficient (Wildman–Crippen LogP) is 4.59. The number of anilines is 1. The van der Waals surface area contributed by atoms with Crippen LogP contribution in [0.1, 0.15) is 11.1 Å². The highest BCUT2D eigenvalue weighted by molar-refractivity contribution is 7.22. The number of hydrogen-bond acceptors (Lipinski definition) is 6. The smallest absolute Gasteiger partial charge is 0.252 e. The zero-order valence-electron chi connectivity index (χ0n) is 17.0. The van der Waals surface area contributed by atoms with E-state index in [0.29, 0.717) is 22.4 Å². The summed E-state index contributed by atoms with van der Waals surface area (Å²) in [7, 11) is 3.96. The van der Waals surface area contributed by atoms with Gasteiger partial charge in [0.2, 0.25) is 6.79 Å². The highest BCUT2D eigenvalue weighted by Crippen LogP contribution is 2.34. The van der Waals surface area contributed by atoms with E-state index in [1.165, 1.54) is 11.3 Å². The van der Waals surface area contributed by atoms with Crippen LogP contribution in [0.15, 0.2) is 36.4 Å². The van der Waals surface area contributed by atoms with Gasteiger partial charge >= 0.3 is 0 Å². The number of aryl methyl sites for hydroxylation is 1. The van der Waals surface area contributed by atoms with Crippen LogP contribution in [-0.2, 0) is 4.79 Å². The van der Waals surface area contributed by atoms with Crippen LogP contribution < -0.4 is 14.4 Å². The Morgan fingerprint density at radius 2 is 2.00 bits per heavy atom. The Balaban J connectivity index is 1.61. The maximum Gasteiger partial charge on any atom is 0.252 e. The van der Waals surface area contributed by atoms with Gasteiger partial charge in [0, 0.05) is 24.2 Å². The van der Waals surface area contributed by atoms with E-state index >= 15 is 0 Å². The van der Waals surface area contributed by atoms with Crippen molar-refractivity contribution in [1.29, 1.82) is 0 Å². The molecule has 0 radical (unpaired) electrons. The summed E-state index contributed by atoms with van der Waals surface area (Å²) in [5.74, 6) is 1.28. The Labute approximate surface area is 184 Å². The van der Waals surface area contributed by atoms with Gasteiger partial charge in [-0.2, -0.15) is 0 Å². The molecule has 0 spiro atoms. The second kappa shape index (κ2) is 8.63. The zero-order valence-corrected chi connectivity index (χ0v) is 18.6. The lowest BCUT2D eigenvalue weighted by Crippen LogP contribution is -2.35. The van der Waals surface area contributed by atoms with Crippen molar-refractivity contribution < 1.29 is 14.3 Å². The molecule has 2 aromatic carbocycles. The van der Waals surface area contributed by atoms with E-state index in [9.17, 15) is 4.79 Å². The highest BCUT2D eigenvalue weighted by Gasteiger charge is 2.19. The summed E-state index contributed by atoms with van der Waals surface area (Å²) in [5.41, 5.74) is 2.63. The molecular weight excluding hydrogens is 422 g/mol. The first-order chi connectivity index (χ1) is 14.4. The number of fused-ring (bicyclic) bond motifs is 2. The van der Waals surface area contributed by atoms with Crippen LogP contribution in [0.5, 0.6) is 11.5 Å². The monoisotopic (exact) mass is 443 g/mol. The summed E-state index contributed by atoms with van der Waals surface area (Å²) in [6, 6.07) is 9.41. The van der Waals surface area contributed by atoms with Gasteiger partial charge < -0.3 is 14.4 Å². The number of ether oxygens (including phenoxy) is 2. The molecule has 1 aromatic heterocycles. The molecule has 2 heterocycles. The van der Waals surface area contributed by atoms with E-state index in [1.54, 1.807) is 17.1 Å². The molecule has 0 saturated heterocycles. The number of nitrogens with zero attached hydrogens (tertiary/aromatic N) is 3. The molecule has 0 fully saturated rings. The lowest BCUT2D eigenvalue weighted by atomic mass is 10.2. The number of carbonyl (C=O) groups excluding carboxylic acids is 1. The van der Waals surface area contributed by atoms with E-state index in [0.717, 1.165) is 33.6 Å². The molecule has 4 rings (SSSR count). The number of rotatable bonds is 6. The molecule has 0 bridgehead atoms. The molecule has 0 aliphatic carbocycles. The van der Waals surface area contributed by atoms with Crippen molar-refractivity contribution in [2.24, 2.45) is 0 Å². The second-order valence-corrected chi connectivity index (χ2v) is 8.67. The van der Waals surface area contributed by atoms with Gasteiger partial charge in [0.1, 0.15) is 0 Å². The van der Waals surface area contributed by atoms with Gasteiger partial charge in [0.05, 0.1) is 10.2 Å². The van der Waals surface area contributed by atoms with Gasteiger partial charge in [-0.1, -0.05) is 29.0 Å². The number of carbonyl (C=O) groups is 1. The number of hydrogen-bond donors (Lipinski definition) is 0. The number of likely N-dealkylation sites (N-methyl/N-ethyl adjacent to an activating group) is 1. The molecule has 0 atom stereocenters. The van der Waals surface area contributed by atoms with E-state index < -0.39 is 0 Å². The minimum absolute atomic E-state index is 0.127. The molecule has 3 aromatic rings. The summed E-state index contributed by atoms with van der Waals surface area (Å²) in [6.45, 7) is 3.42. The van der Waals surface area contributed by atoms with Crippen LogP contribution in [0.3, 0.4) is 0 Å². The van der Waals surface area contributed by atoms with Crippen LogP contribution >= 0.6 is 22.9 Å². The van der Waals surface area contributed by atoms with Gasteiger partial charge in [-0.25, -0.2) is 4.98 Å². The molecule has 0 saturated carbocycles. The third kappa shape index (κ3) is 4.28. The fourth-order valence-corrected chi connectivity index (χ4v) is 4.29. The first kappa shape index (κ1) is 20.7. The quantitative estimate of drug-likeness (QED) is 0.521. The zero-order chi connectivity index (χ0) is 21.3. The summed E-state index contributed by atoms with van der Waals surface area (Å²) in [5, 5.41) is 1.34. The van der Waals surface area contributed by atoms with E-state index in [1.807, 2.05) is 56.3 Å². The molecule has 6 nitrogen and oxygen atoms in total. The average Bonchev–Trinajstić information content (AvgIpc) is 3.36. The lowest BCUT2D eigenvalue weighted by molar-refractivity contribution is -0.114. The van der Waals surface area contributed by atoms with Gasteiger partial charge in [-0.05, 0) is 62.5 Å². The Bertz CT molecular complexity index is 1130. The SMILES string of the molecule is Cc1c(Cl)ccc2sc(N(CCN(C)C)C(=O)C=Cc3ccc4c(c3)OCO4)nc12. The van der Waals surface area contributed by atoms with Gasteiger partial charge in [-0.15, -0.1) is 0 Å². The first-order valence-corrected chi connectivity index (χ1v) is 10.7. The third-order valence-electron chi connectivity index (χ3n) is 4.82. The van der Waals surface area contributed by atoms with Crippen LogP contribution in [-0.4, -0.2) is 49.8 Å². The van der Waals surface area contributed by atoms with Crippen LogP contribution in [0.25, 0.3) is 16.3 Å².